The third-order valence-corrected chi connectivity index (χ3v) is 11.4. The zero-order chi connectivity index (χ0) is 29.3. The Balaban J connectivity index is 1.47. The van der Waals surface area contributed by atoms with Crippen molar-refractivity contribution in [1.82, 2.24) is 4.90 Å². The van der Waals surface area contributed by atoms with Crippen molar-refractivity contribution >= 4 is 46.5 Å². The van der Waals surface area contributed by atoms with Crippen LogP contribution in [0.4, 0.5) is 17.1 Å². The van der Waals surface area contributed by atoms with Crippen molar-refractivity contribution < 1.29 is 19.5 Å². The van der Waals surface area contributed by atoms with Gasteiger partial charge in [-0.1, -0.05) is 38.5 Å². The van der Waals surface area contributed by atoms with Gasteiger partial charge in [0, 0.05) is 35.4 Å². The van der Waals surface area contributed by atoms with Gasteiger partial charge in [-0.3, -0.25) is 14.4 Å². The summed E-state index contributed by atoms with van der Waals surface area (Å²) in [6, 6.07) is 15.8. The van der Waals surface area contributed by atoms with Gasteiger partial charge in [0.15, 0.2) is 0 Å². The molecule has 0 aromatic heterocycles. The molecule has 5 rings (SSSR count). The maximum absolute atomic E-state index is 14.3. The molecule has 2 aromatic carbocycles. The van der Waals surface area contributed by atoms with Crippen molar-refractivity contribution in [1.29, 1.82) is 0 Å². The van der Waals surface area contributed by atoms with E-state index in [-0.39, 0.29) is 35.5 Å². The molecule has 8 nitrogen and oxygen atoms in total. The molecule has 3 aliphatic heterocycles. The second-order valence-corrected chi connectivity index (χ2v) is 13.1. The Morgan fingerprint density at radius 2 is 1.66 bits per heavy atom. The van der Waals surface area contributed by atoms with Gasteiger partial charge in [-0.15, -0.1) is 11.8 Å². The van der Waals surface area contributed by atoms with E-state index in [0.717, 1.165) is 31.6 Å². The number of fused-ring (bicyclic) bond motifs is 1. The maximum Gasteiger partial charge on any atom is 0.248 e. The number of thioether (sulfide) groups is 1. The van der Waals surface area contributed by atoms with Crippen LogP contribution in [0.15, 0.2) is 54.6 Å². The summed E-state index contributed by atoms with van der Waals surface area (Å²) >= 11 is 1.64. The van der Waals surface area contributed by atoms with Crippen LogP contribution in [0.2, 0.25) is 0 Å². The van der Waals surface area contributed by atoms with E-state index in [1.807, 2.05) is 68.4 Å². The Morgan fingerprint density at radius 3 is 2.27 bits per heavy atom. The summed E-state index contributed by atoms with van der Waals surface area (Å²) in [5.74, 6) is -1.78. The number of carbonyl (C=O) groups is 3. The number of hydrogen-bond donors (Lipinski definition) is 3. The molecule has 41 heavy (non-hydrogen) atoms. The summed E-state index contributed by atoms with van der Waals surface area (Å²) in [6.07, 6.45) is 2.20. The van der Waals surface area contributed by atoms with Gasteiger partial charge in [0.1, 0.15) is 6.04 Å². The molecule has 3 saturated heterocycles. The third kappa shape index (κ3) is 5.12. The number of likely N-dealkylation sites (tertiary alicyclic amines) is 1. The number of aliphatic hydroxyl groups is 1. The largest absolute Gasteiger partial charge is 0.394 e. The van der Waals surface area contributed by atoms with Crippen LogP contribution < -0.4 is 15.5 Å². The predicted molar refractivity (Wildman–Crippen MR) is 165 cm³/mol. The maximum atomic E-state index is 14.3. The standard InChI is InChI=1S/C32H42N4O4S/c1-5-20(4)24(19-37)36-28(30(39)34-22-13-15-23(16-14-22)35(6-2)7-3)32-18-17-25(41-32)26(27(32)31(36)40)29(38)33-21-11-9-8-10-12-21/h8-16,20,24-28,37H,5-7,17-19H2,1-4H3,(H,33,38)(H,34,39)/t20-,24-,25+,26-,27-,28?,32?/m0/s1. The van der Waals surface area contributed by atoms with Crippen molar-refractivity contribution in [2.45, 2.75) is 69.0 Å². The van der Waals surface area contributed by atoms with Gasteiger partial charge >= 0.3 is 0 Å². The number of carbonyl (C=O) groups excluding carboxylic acids is 3. The molecular weight excluding hydrogens is 536 g/mol. The molecule has 9 heteroatoms. The first kappa shape index (κ1) is 29.5. The summed E-state index contributed by atoms with van der Waals surface area (Å²) in [5.41, 5.74) is 2.44. The van der Waals surface area contributed by atoms with E-state index >= 15 is 0 Å². The highest BCUT2D eigenvalue weighted by molar-refractivity contribution is 8.02. The van der Waals surface area contributed by atoms with Crippen LogP contribution in [0.1, 0.15) is 47.0 Å². The zero-order valence-electron chi connectivity index (χ0n) is 24.4. The van der Waals surface area contributed by atoms with Gasteiger partial charge in [-0.2, -0.15) is 0 Å². The minimum Gasteiger partial charge on any atom is -0.394 e. The predicted octanol–water partition coefficient (Wildman–Crippen LogP) is 4.61. The number of nitrogens with one attached hydrogen (secondary N) is 2. The highest BCUT2D eigenvalue weighted by Gasteiger charge is 2.74. The average molecular weight is 579 g/mol. The molecule has 0 saturated carbocycles. The van der Waals surface area contributed by atoms with Crippen LogP contribution in [0.3, 0.4) is 0 Å². The van der Waals surface area contributed by atoms with E-state index < -0.39 is 28.7 Å². The quantitative estimate of drug-likeness (QED) is 0.360. The summed E-state index contributed by atoms with van der Waals surface area (Å²) in [6.45, 7) is 9.79. The van der Waals surface area contributed by atoms with Crippen LogP contribution in [0.25, 0.3) is 0 Å². The van der Waals surface area contributed by atoms with Gasteiger partial charge in [0.05, 0.1) is 29.2 Å². The molecule has 220 valence electrons. The Hall–Kier alpha value is -3.04. The molecule has 0 radical (unpaired) electrons. The van der Waals surface area contributed by atoms with Crippen molar-refractivity contribution in [2.75, 3.05) is 35.2 Å². The Bertz CT molecular complexity index is 1250. The summed E-state index contributed by atoms with van der Waals surface area (Å²) in [7, 11) is 0. The van der Waals surface area contributed by atoms with Crippen molar-refractivity contribution in [3.63, 3.8) is 0 Å². The molecule has 1 spiro atoms. The third-order valence-electron chi connectivity index (χ3n) is 9.44. The smallest absolute Gasteiger partial charge is 0.248 e. The lowest BCUT2D eigenvalue weighted by Gasteiger charge is -2.39. The average Bonchev–Trinajstić information content (AvgIpc) is 3.63. The topological polar surface area (TPSA) is 102 Å². The zero-order valence-corrected chi connectivity index (χ0v) is 25.2. The van der Waals surface area contributed by atoms with Gasteiger partial charge in [0.25, 0.3) is 0 Å². The highest BCUT2D eigenvalue weighted by Crippen LogP contribution is 2.67. The second kappa shape index (κ2) is 12.1. The second-order valence-electron chi connectivity index (χ2n) is 11.5. The van der Waals surface area contributed by atoms with E-state index in [2.05, 4.69) is 29.4 Å². The lowest BCUT2D eigenvalue weighted by atomic mass is 9.70. The van der Waals surface area contributed by atoms with E-state index in [1.54, 1.807) is 16.7 Å². The summed E-state index contributed by atoms with van der Waals surface area (Å²) in [5, 5.41) is 16.6. The molecule has 0 aliphatic carbocycles. The summed E-state index contributed by atoms with van der Waals surface area (Å²) in [4.78, 5) is 46.1. The minimum atomic E-state index is -0.780. The van der Waals surface area contributed by atoms with Gasteiger partial charge < -0.3 is 25.5 Å². The fraction of sp³-hybridized carbons (Fsp3) is 0.531. The molecule has 3 fully saturated rings. The normalized spacial score (nSPS) is 27.8. The molecular formula is C32H42N4O4S. The van der Waals surface area contributed by atoms with Gasteiger partial charge in [-0.05, 0) is 69.0 Å². The molecule has 3 amide bonds. The number of anilines is 3. The SMILES string of the molecule is CC[C@H](C)[C@H](CO)N1C(=O)[C@@H]2[C@@H](C(=O)Nc3ccccc3)[C@H]3CCC2(S3)C1C(=O)Nc1ccc(N(CC)CC)cc1. The van der Waals surface area contributed by atoms with E-state index in [9.17, 15) is 19.5 Å². The summed E-state index contributed by atoms with van der Waals surface area (Å²) < 4.78 is -0.716. The van der Waals surface area contributed by atoms with Crippen LogP contribution in [0, 0.1) is 17.8 Å². The molecule has 2 aromatic rings. The first-order chi connectivity index (χ1) is 19.8. The first-order valence-electron chi connectivity index (χ1n) is 14.9. The Labute approximate surface area is 247 Å². The molecule has 3 heterocycles. The number of benzene rings is 2. The van der Waals surface area contributed by atoms with Crippen molar-refractivity contribution in [3.8, 4) is 0 Å². The Morgan fingerprint density at radius 1 is 1.02 bits per heavy atom. The number of rotatable bonds is 11. The Kier molecular flexibility index (Phi) is 8.66. The van der Waals surface area contributed by atoms with E-state index in [1.165, 1.54) is 0 Å². The number of nitrogens with zero attached hydrogens (tertiary/aromatic N) is 2. The van der Waals surface area contributed by atoms with Gasteiger partial charge in [0.2, 0.25) is 17.7 Å². The van der Waals surface area contributed by atoms with Crippen LogP contribution in [-0.4, -0.2) is 69.5 Å². The fourth-order valence-corrected chi connectivity index (χ4v) is 9.37. The van der Waals surface area contributed by atoms with E-state index in [4.69, 9.17) is 0 Å². The lowest BCUT2D eigenvalue weighted by Crippen LogP contribution is -2.56. The van der Waals surface area contributed by atoms with Crippen LogP contribution >= 0.6 is 11.8 Å². The number of aliphatic hydroxyl groups excluding tert-OH is 1. The molecule has 3 N–H and O–H groups in total. The number of amides is 3. The van der Waals surface area contributed by atoms with Gasteiger partial charge in [-0.25, -0.2) is 0 Å². The number of para-hydroxylation sites is 1. The number of hydrogen-bond acceptors (Lipinski definition) is 6. The van der Waals surface area contributed by atoms with Crippen LogP contribution in [-0.2, 0) is 14.4 Å². The molecule has 3 aliphatic rings. The van der Waals surface area contributed by atoms with E-state index in [0.29, 0.717) is 17.8 Å². The molecule has 7 atom stereocenters. The monoisotopic (exact) mass is 578 g/mol. The molecule has 2 bridgehead atoms. The molecule has 2 unspecified atom stereocenters. The van der Waals surface area contributed by atoms with Crippen LogP contribution in [0.5, 0.6) is 0 Å². The highest BCUT2D eigenvalue weighted by atomic mass is 32.2. The van der Waals surface area contributed by atoms with Crippen molar-refractivity contribution in [3.05, 3.63) is 54.6 Å². The first-order valence-corrected chi connectivity index (χ1v) is 15.8. The lowest BCUT2D eigenvalue weighted by molar-refractivity contribution is -0.142. The fourth-order valence-electron chi connectivity index (χ4n) is 7.16. The minimum absolute atomic E-state index is 0.0124. The van der Waals surface area contributed by atoms with Crippen molar-refractivity contribution in [2.24, 2.45) is 17.8 Å².